The number of hydrogen-bond acceptors (Lipinski definition) is 3. The van der Waals surface area contributed by atoms with Gasteiger partial charge in [-0.25, -0.2) is 4.39 Å². The molecule has 0 spiro atoms. The van der Waals surface area contributed by atoms with Crippen molar-refractivity contribution in [3.05, 3.63) is 30.1 Å². The largest absolute Gasteiger partial charge is 0.478 e. The van der Waals surface area contributed by atoms with Crippen molar-refractivity contribution in [3.63, 3.8) is 0 Å². The fourth-order valence-corrected chi connectivity index (χ4v) is 2.65. The van der Waals surface area contributed by atoms with Gasteiger partial charge in [0.1, 0.15) is 11.6 Å². The van der Waals surface area contributed by atoms with Gasteiger partial charge in [0.05, 0.1) is 0 Å². The monoisotopic (exact) mass is 292 g/mol. The topological polar surface area (TPSA) is 58.6 Å². The van der Waals surface area contributed by atoms with E-state index in [1.807, 2.05) is 0 Å². The van der Waals surface area contributed by atoms with Gasteiger partial charge in [-0.3, -0.25) is 9.59 Å². The molecule has 0 aromatic heterocycles. The first kappa shape index (κ1) is 13.9. The Morgan fingerprint density at radius 2 is 1.86 bits per heavy atom. The Balaban J connectivity index is 1.65. The van der Waals surface area contributed by atoms with Crippen molar-refractivity contribution in [3.8, 4) is 5.75 Å². The second-order valence-corrected chi connectivity index (χ2v) is 5.36. The lowest BCUT2D eigenvalue weighted by atomic mass is 9.99. The minimum absolute atomic E-state index is 0.0959. The Morgan fingerprint density at radius 1 is 1.19 bits per heavy atom. The second-order valence-electron chi connectivity index (χ2n) is 5.36. The van der Waals surface area contributed by atoms with Crippen LogP contribution in [0.1, 0.15) is 19.3 Å². The predicted octanol–water partition coefficient (Wildman–Crippen LogP) is 1.08. The van der Waals surface area contributed by atoms with Crippen molar-refractivity contribution in [2.24, 2.45) is 0 Å². The van der Waals surface area contributed by atoms with Gasteiger partial charge in [0, 0.05) is 13.1 Å². The van der Waals surface area contributed by atoms with E-state index in [9.17, 15) is 14.0 Å². The van der Waals surface area contributed by atoms with E-state index in [1.165, 1.54) is 24.3 Å². The Bertz CT molecular complexity index is 540. The number of amides is 2. The maximum atomic E-state index is 12.8. The van der Waals surface area contributed by atoms with Crippen LogP contribution < -0.4 is 10.1 Å². The molecule has 5 nitrogen and oxygen atoms in total. The lowest BCUT2D eigenvalue weighted by molar-refractivity contribution is -0.153. The molecule has 2 atom stereocenters. The molecule has 1 aromatic carbocycles. The van der Waals surface area contributed by atoms with Crippen LogP contribution in [0.3, 0.4) is 0 Å². The van der Waals surface area contributed by atoms with Crippen LogP contribution in [0.2, 0.25) is 0 Å². The molecular weight excluding hydrogens is 275 g/mol. The van der Waals surface area contributed by atoms with Crippen molar-refractivity contribution in [1.82, 2.24) is 10.2 Å². The summed E-state index contributed by atoms with van der Waals surface area (Å²) in [4.78, 5) is 25.7. The molecule has 3 rings (SSSR count). The first-order valence-corrected chi connectivity index (χ1v) is 7.16. The number of nitrogens with one attached hydrogen (secondary N) is 1. The number of hydrogen-bond donors (Lipinski definition) is 1. The number of likely N-dealkylation sites (tertiary alicyclic amines) is 1. The lowest BCUT2D eigenvalue weighted by Gasteiger charge is -2.39. The third-order valence-electron chi connectivity index (χ3n) is 3.87. The molecule has 2 aliphatic rings. The second kappa shape index (κ2) is 5.71. The van der Waals surface area contributed by atoms with Crippen LogP contribution in [-0.2, 0) is 9.59 Å². The highest BCUT2D eigenvalue weighted by atomic mass is 19.1. The summed E-state index contributed by atoms with van der Waals surface area (Å²) in [6, 6.07) is 4.77. The van der Waals surface area contributed by atoms with Crippen LogP contribution in [0.4, 0.5) is 4.39 Å². The van der Waals surface area contributed by atoms with Crippen LogP contribution in [0.25, 0.3) is 0 Å². The fraction of sp³-hybridized carbons (Fsp3) is 0.467. The van der Waals surface area contributed by atoms with E-state index in [4.69, 9.17) is 4.74 Å². The van der Waals surface area contributed by atoms with E-state index in [0.717, 1.165) is 32.4 Å². The number of carbonyl (C=O) groups excluding carboxylic acids is 2. The number of β-lactam (4-membered cyclic amide) rings is 1. The maximum absolute atomic E-state index is 12.8. The zero-order valence-corrected chi connectivity index (χ0v) is 11.5. The number of rotatable bonds is 3. The molecule has 6 heteroatoms. The average Bonchev–Trinajstić information content (AvgIpc) is 2.52. The molecule has 0 unspecified atom stereocenters. The summed E-state index contributed by atoms with van der Waals surface area (Å²) in [7, 11) is 0. The molecule has 0 radical (unpaired) electrons. The number of benzene rings is 1. The summed E-state index contributed by atoms with van der Waals surface area (Å²) in [5.74, 6) is -0.398. The zero-order valence-electron chi connectivity index (χ0n) is 11.5. The van der Waals surface area contributed by atoms with Crippen LogP contribution in [-0.4, -0.2) is 41.9 Å². The molecule has 0 bridgehead atoms. The van der Waals surface area contributed by atoms with Gasteiger partial charge in [0.15, 0.2) is 6.04 Å². The van der Waals surface area contributed by atoms with E-state index in [-0.39, 0.29) is 17.6 Å². The molecule has 21 heavy (non-hydrogen) atoms. The first-order chi connectivity index (χ1) is 10.1. The average molecular weight is 292 g/mol. The lowest BCUT2D eigenvalue weighted by Crippen LogP contribution is -2.70. The summed E-state index contributed by atoms with van der Waals surface area (Å²) in [5.41, 5.74) is 0. The third kappa shape index (κ3) is 2.84. The van der Waals surface area contributed by atoms with Gasteiger partial charge in [0.2, 0.25) is 12.0 Å². The molecule has 2 fully saturated rings. The van der Waals surface area contributed by atoms with E-state index in [1.54, 1.807) is 4.90 Å². The van der Waals surface area contributed by atoms with Gasteiger partial charge in [-0.15, -0.1) is 0 Å². The Kier molecular flexibility index (Phi) is 3.77. The van der Waals surface area contributed by atoms with Gasteiger partial charge in [-0.1, -0.05) is 0 Å². The van der Waals surface area contributed by atoms with Gasteiger partial charge >= 0.3 is 0 Å². The molecular formula is C15H17FN2O3. The number of piperidine rings is 1. The standard InChI is InChI=1S/C15H17FN2O3/c16-10-4-6-11(7-5-10)21-13-12(17-14(13)19)15(20)18-8-2-1-3-9-18/h4-7,12-13H,1-3,8-9H2,(H,17,19)/t12-,13-/m0/s1. The molecule has 1 aromatic rings. The van der Waals surface area contributed by atoms with Gasteiger partial charge in [-0.2, -0.15) is 0 Å². The quantitative estimate of drug-likeness (QED) is 0.848. The van der Waals surface area contributed by atoms with Crippen molar-refractivity contribution in [1.29, 1.82) is 0 Å². The van der Waals surface area contributed by atoms with Crippen molar-refractivity contribution < 1.29 is 18.7 Å². The molecule has 0 aliphatic carbocycles. The molecule has 112 valence electrons. The van der Waals surface area contributed by atoms with Crippen molar-refractivity contribution in [2.45, 2.75) is 31.4 Å². The molecule has 2 aliphatic heterocycles. The van der Waals surface area contributed by atoms with Gasteiger partial charge in [0.25, 0.3) is 5.91 Å². The number of nitrogens with zero attached hydrogens (tertiary/aromatic N) is 1. The number of ether oxygens (including phenoxy) is 1. The van der Waals surface area contributed by atoms with Crippen molar-refractivity contribution >= 4 is 11.8 Å². The first-order valence-electron chi connectivity index (χ1n) is 7.16. The van der Waals surface area contributed by atoms with Gasteiger partial charge < -0.3 is 15.0 Å². The smallest absolute Gasteiger partial charge is 0.264 e. The van der Waals surface area contributed by atoms with Crippen LogP contribution in [0, 0.1) is 5.82 Å². The third-order valence-corrected chi connectivity index (χ3v) is 3.87. The molecule has 2 amide bonds. The Labute approximate surface area is 122 Å². The van der Waals surface area contributed by atoms with Crippen molar-refractivity contribution in [2.75, 3.05) is 13.1 Å². The minimum Gasteiger partial charge on any atom is -0.478 e. The van der Waals surface area contributed by atoms with Gasteiger partial charge in [-0.05, 0) is 43.5 Å². The molecule has 0 saturated carbocycles. The summed E-state index contributed by atoms with van der Waals surface area (Å²) >= 11 is 0. The normalized spacial score (nSPS) is 25.0. The number of carbonyl (C=O) groups is 2. The van der Waals surface area contributed by atoms with Crippen LogP contribution in [0.15, 0.2) is 24.3 Å². The summed E-state index contributed by atoms with van der Waals surface area (Å²) in [5, 5.41) is 2.59. The highest BCUT2D eigenvalue weighted by Crippen LogP contribution is 2.21. The molecule has 1 N–H and O–H groups in total. The minimum atomic E-state index is -0.829. The molecule has 2 saturated heterocycles. The highest BCUT2D eigenvalue weighted by molar-refractivity contribution is 6.01. The fourth-order valence-electron chi connectivity index (χ4n) is 2.65. The predicted molar refractivity (Wildman–Crippen MR) is 73.2 cm³/mol. The SMILES string of the molecule is O=C1N[C@H](C(=O)N2CCCCC2)[C@@H]1Oc1ccc(F)cc1. The Morgan fingerprint density at radius 3 is 2.48 bits per heavy atom. The zero-order chi connectivity index (χ0) is 14.8. The van der Waals surface area contributed by atoms with E-state index in [2.05, 4.69) is 5.32 Å². The Hall–Kier alpha value is -2.11. The van der Waals surface area contributed by atoms with E-state index >= 15 is 0 Å². The van der Waals surface area contributed by atoms with Crippen LogP contribution in [0.5, 0.6) is 5.75 Å². The van der Waals surface area contributed by atoms with E-state index in [0.29, 0.717) is 5.75 Å². The van der Waals surface area contributed by atoms with E-state index < -0.39 is 12.1 Å². The molecule has 2 heterocycles. The summed E-state index contributed by atoms with van der Waals surface area (Å²) in [6.45, 7) is 1.46. The highest BCUT2D eigenvalue weighted by Gasteiger charge is 2.47. The number of halogens is 1. The van der Waals surface area contributed by atoms with Crippen LogP contribution >= 0.6 is 0 Å². The summed E-state index contributed by atoms with van der Waals surface area (Å²) < 4.78 is 18.4. The summed E-state index contributed by atoms with van der Waals surface area (Å²) in [6.07, 6.45) is 2.30. The maximum Gasteiger partial charge on any atom is 0.264 e.